The minimum atomic E-state index is 0.152. The van der Waals surface area contributed by atoms with Crippen LogP contribution in [0.15, 0.2) is 0 Å². The SMILES string of the molecule is O=C(CCCNc1n[nH]c(=S)s1)NC1CC1. The van der Waals surface area contributed by atoms with E-state index in [0.717, 1.165) is 30.9 Å². The fraction of sp³-hybridized carbons (Fsp3) is 0.667. The highest BCUT2D eigenvalue weighted by atomic mass is 32.1. The second-order valence-corrected chi connectivity index (χ2v) is 5.46. The van der Waals surface area contributed by atoms with E-state index in [9.17, 15) is 4.79 Å². The molecule has 0 aromatic carbocycles. The van der Waals surface area contributed by atoms with Crippen LogP contribution in [0.3, 0.4) is 0 Å². The van der Waals surface area contributed by atoms with Crippen molar-refractivity contribution in [1.82, 2.24) is 15.5 Å². The molecule has 5 nitrogen and oxygen atoms in total. The van der Waals surface area contributed by atoms with E-state index in [1.807, 2.05) is 0 Å². The molecule has 1 fully saturated rings. The Morgan fingerprint density at radius 3 is 3.06 bits per heavy atom. The number of nitrogens with zero attached hydrogens (tertiary/aromatic N) is 1. The van der Waals surface area contributed by atoms with Gasteiger partial charge in [0.1, 0.15) is 0 Å². The van der Waals surface area contributed by atoms with Gasteiger partial charge < -0.3 is 10.6 Å². The lowest BCUT2D eigenvalue weighted by atomic mass is 10.3. The molecule has 0 atom stereocenters. The average molecular weight is 258 g/mol. The number of hydrogen-bond acceptors (Lipinski definition) is 5. The standard InChI is InChI=1S/C9H14N4OS2/c14-7(11-6-3-4-6)2-1-5-10-8-12-13-9(15)16-8/h6H,1-5H2,(H,10,12)(H,11,14)(H,13,15). The van der Waals surface area contributed by atoms with Gasteiger partial charge in [-0.2, -0.15) is 0 Å². The number of carbonyl (C=O) groups is 1. The zero-order valence-electron chi connectivity index (χ0n) is 8.78. The van der Waals surface area contributed by atoms with E-state index in [2.05, 4.69) is 20.8 Å². The third kappa shape index (κ3) is 3.90. The smallest absolute Gasteiger partial charge is 0.220 e. The molecule has 1 aliphatic rings. The molecule has 1 saturated carbocycles. The van der Waals surface area contributed by atoms with Gasteiger partial charge in [-0.25, -0.2) is 0 Å². The molecular weight excluding hydrogens is 244 g/mol. The molecule has 0 aliphatic heterocycles. The molecule has 88 valence electrons. The Bertz CT molecular complexity index is 410. The first-order valence-electron chi connectivity index (χ1n) is 5.33. The van der Waals surface area contributed by atoms with Crippen molar-refractivity contribution in [2.75, 3.05) is 11.9 Å². The molecule has 0 spiro atoms. The predicted molar refractivity (Wildman–Crippen MR) is 66.2 cm³/mol. The summed E-state index contributed by atoms with van der Waals surface area (Å²) < 4.78 is 0.661. The summed E-state index contributed by atoms with van der Waals surface area (Å²) in [7, 11) is 0. The van der Waals surface area contributed by atoms with Crippen molar-refractivity contribution in [3.63, 3.8) is 0 Å². The lowest BCUT2D eigenvalue weighted by Crippen LogP contribution is -2.25. The summed E-state index contributed by atoms with van der Waals surface area (Å²) in [6.45, 7) is 0.744. The number of rotatable bonds is 6. The molecule has 7 heteroatoms. The second kappa shape index (κ2) is 5.40. The van der Waals surface area contributed by atoms with Crippen LogP contribution in [-0.4, -0.2) is 28.7 Å². The van der Waals surface area contributed by atoms with Crippen LogP contribution in [0.25, 0.3) is 0 Å². The van der Waals surface area contributed by atoms with Gasteiger partial charge in [-0.1, -0.05) is 11.3 Å². The topological polar surface area (TPSA) is 69.8 Å². The summed E-state index contributed by atoms with van der Waals surface area (Å²) in [6, 6.07) is 0.455. The van der Waals surface area contributed by atoms with Crippen LogP contribution >= 0.6 is 23.6 Å². The summed E-state index contributed by atoms with van der Waals surface area (Å²) in [5.74, 6) is 0.152. The minimum absolute atomic E-state index is 0.152. The predicted octanol–water partition coefficient (Wildman–Crippen LogP) is 1.67. The van der Waals surface area contributed by atoms with Gasteiger partial charge in [0.05, 0.1) is 0 Å². The number of aromatic nitrogens is 2. The van der Waals surface area contributed by atoms with Crippen molar-refractivity contribution in [2.24, 2.45) is 0 Å². The van der Waals surface area contributed by atoms with Gasteiger partial charge in [0.25, 0.3) is 0 Å². The first-order valence-corrected chi connectivity index (χ1v) is 6.55. The van der Waals surface area contributed by atoms with Crippen LogP contribution in [0.2, 0.25) is 0 Å². The largest absolute Gasteiger partial charge is 0.360 e. The third-order valence-electron chi connectivity index (χ3n) is 2.24. The van der Waals surface area contributed by atoms with Gasteiger partial charge in [-0.15, -0.1) is 5.10 Å². The number of nitrogens with one attached hydrogen (secondary N) is 3. The van der Waals surface area contributed by atoms with Crippen LogP contribution in [0.5, 0.6) is 0 Å². The van der Waals surface area contributed by atoms with Crippen molar-refractivity contribution >= 4 is 34.6 Å². The van der Waals surface area contributed by atoms with Gasteiger partial charge in [0, 0.05) is 19.0 Å². The van der Waals surface area contributed by atoms with E-state index in [1.54, 1.807) is 0 Å². The van der Waals surface area contributed by atoms with Crippen molar-refractivity contribution in [2.45, 2.75) is 31.7 Å². The van der Waals surface area contributed by atoms with E-state index in [4.69, 9.17) is 12.2 Å². The summed E-state index contributed by atoms with van der Waals surface area (Å²) >= 11 is 6.31. The average Bonchev–Trinajstić information content (AvgIpc) is 2.95. The van der Waals surface area contributed by atoms with E-state index < -0.39 is 0 Å². The Hall–Kier alpha value is -0.950. The third-order valence-corrected chi connectivity index (χ3v) is 3.28. The highest BCUT2D eigenvalue weighted by molar-refractivity contribution is 7.73. The highest BCUT2D eigenvalue weighted by Gasteiger charge is 2.22. The Morgan fingerprint density at radius 1 is 1.62 bits per heavy atom. The zero-order valence-corrected chi connectivity index (χ0v) is 10.4. The van der Waals surface area contributed by atoms with Crippen LogP contribution in [0.1, 0.15) is 25.7 Å². The first kappa shape index (κ1) is 11.5. The summed E-state index contributed by atoms with van der Waals surface area (Å²) in [5.41, 5.74) is 0. The summed E-state index contributed by atoms with van der Waals surface area (Å²) in [4.78, 5) is 11.3. The molecule has 1 heterocycles. The maximum atomic E-state index is 11.3. The number of hydrogen-bond donors (Lipinski definition) is 3. The van der Waals surface area contributed by atoms with Gasteiger partial charge in [-0.3, -0.25) is 9.89 Å². The Labute approximate surface area is 103 Å². The van der Waals surface area contributed by atoms with Gasteiger partial charge in [-0.05, 0) is 31.5 Å². The normalized spacial score (nSPS) is 14.8. The monoisotopic (exact) mass is 258 g/mol. The highest BCUT2D eigenvalue weighted by Crippen LogP contribution is 2.18. The van der Waals surface area contributed by atoms with Crippen LogP contribution in [0.4, 0.5) is 5.13 Å². The van der Waals surface area contributed by atoms with Crippen molar-refractivity contribution in [1.29, 1.82) is 0 Å². The molecule has 16 heavy (non-hydrogen) atoms. The van der Waals surface area contributed by atoms with E-state index in [-0.39, 0.29) is 5.91 Å². The van der Waals surface area contributed by atoms with E-state index >= 15 is 0 Å². The molecular formula is C9H14N4OS2. The lowest BCUT2D eigenvalue weighted by molar-refractivity contribution is -0.121. The first-order chi connectivity index (χ1) is 7.74. The maximum absolute atomic E-state index is 11.3. The fourth-order valence-electron chi connectivity index (χ4n) is 1.28. The Morgan fingerprint density at radius 2 is 2.44 bits per heavy atom. The molecule has 3 N–H and O–H groups in total. The summed E-state index contributed by atoms with van der Waals surface area (Å²) in [6.07, 6.45) is 3.66. The number of carbonyl (C=O) groups excluding carboxylic acids is 1. The molecule has 0 saturated heterocycles. The fourth-order valence-corrected chi connectivity index (χ4v) is 2.09. The van der Waals surface area contributed by atoms with Gasteiger partial charge in [0.2, 0.25) is 11.0 Å². The quantitative estimate of drug-likeness (QED) is 0.536. The number of H-pyrrole nitrogens is 1. The van der Waals surface area contributed by atoms with Crippen molar-refractivity contribution in [3.05, 3.63) is 3.95 Å². The molecule has 0 unspecified atom stereocenters. The molecule has 1 aromatic heterocycles. The minimum Gasteiger partial charge on any atom is -0.360 e. The number of anilines is 1. The Balaban J connectivity index is 1.57. The molecule has 1 aliphatic carbocycles. The molecule has 1 amide bonds. The van der Waals surface area contributed by atoms with Crippen LogP contribution < -0.4 is 10.6 Å². The molecule has 1 aromatic rings. The van der Waals surface area contributed by atoms with Gasteiger partial charge >= 0.3 is 0 Å². The summed E-state index contributed by atoms with van der Waals surface area (Å²) in [5, 5.41) is 13.5. The van der Waals surface area contributed by atoms with Crippen LogP contribution in [0, 0.1) is 3.95 Å². The molecule has 0 bridgehead atoms. The lowest BCUT2D eigenvalue weighted by Gasteiger charge is -2.03. The number of aromatic amines is 1. The van der Waals surface area contributed by atoms with Crippen molar-refractivity contribution in [3.8, 4) is 0 Å². The van der Waals surface area contributed by atoms with Gasteiger partial charge in [0.15, 0.2) is 3.95 Å². The van der Waals surface area contributed by atoms with E-state index in [0.29, 0.717) is 16.4 Å². The zero-order chi connectivity index (χ0) is 11.4. The number of amides is 1. The van der Waals surface area contributed by atoms with Crippen LogP contribution in [-0.2, 0) is 4.79 Å². The Kier molecular flexibility index (Phi) is 3.89. The maximum Gasteiger partial charge on any atom is 0.220 e. The molecule has 2 rings (SSSR count). The molecule has 0 radical (unpaired) electrons. The van der Waals surface area contributed by atoms with E-state index in [1.165, 1.54) is 11.3 Å². The van der Waals surface area contributed by atoms with Crippen molar-refractivity contribution < 1.29 is 4.79 Å². The second-order valence-electron chi connectivity index (χ2n) is 3.79.